The predicted molar refractivity (Wildman–Crippen MR) is 118 cm³/mol. The number of amides is 2. The highest BCUT2D eigenvalue weighted by Crippen LogP contribution is 2.33. The molecule has 1 fully saturated rings. The van der Waals surface area contributed by atoms with Crippen LogP contribution in [0.1, 0.15) is 30.0 Å². The van der Waals surface area contributed by atoms with Gasteiger partial charge in [0.2, 0.25) is 0 Å². The number of anilines is 1. The maximum absolute atomic E-state index is 13.3. The van der Waals surface area contributed by atoms with Crippen LogP contribution in [0.3, 0.4) is 0 Å². The minimum atomic E-state index is -0.174. The van der Waals surface area contributed by atoms with Gasteiger partial charge in [-0.05, 0) is 49.1 Å². The van der Waals surface area contributed by atoms with Crippen molar-refractivity contribution in [1.82, 2.24) is 14.8 Å². The van der Waals surface area contributed by atoms with Gasteiger partial charge in [0.15, 0.2) is 0 Å². The van der Waals surface area contributed by atoms with Gasteiger partial charge < -0.3 is 9.80 Å². The molecule has 0 atom stereocenters. The van der Waals surface area contributed by atoms with E-state index in [-0.39, 0.29) is 11.8 Å². The van der Waals surface area contributed by atoms with Crippen LogP contribution < -0.4 is 4.90 Å². The van der Waals surface area contributed by atoms with E-state index in [1.807, 2.05) is 50.2 Å². The van der Waals surface area contributed by atoms with Gasteiger partial charge in [-0.15, -0.1) is 0 Å². The van der Waals surface area contributed by atoms with Gasteiger partial charge >= 0.3 is 0 Å². The third-order valence-corrected chi connectivity index (χ3v) is 5.96. The molecular formula is C24H28N4O2. The molecule has 2 amide bonds. The summed E-state index contributed by atoms with van der Waals surface area (Å²) >= 11 is 0. The fraction of sp³-hybridized carbons (Fsp3) is 0.375. The number of aryl methyl sites for hydroxylation is 2. The quantitative estimate of drug-likeness (QED) is 0.717. The Morgan fingerprint density at radius 2 is 1.63 bits per heavy atom. The SMILES string of the molecule is CCCN1C(=O)C(c2ccc(C)c(C)c2)=C(N2CCN(c3ccccn3)CC2)C1=O. The number of carbonyl (C=O) groups excluding carboxylic acids is 2. The van der Waals surface area contributed by atoms with E-state index in [0.717, 1.165) is 36.5 Å². The van der Waals surface area contributed by atoms with Crippen molar-refractivity contribution in [2.24, 2.45) is 0 Å². The molecule has 0 aliphatic carbocycles. The first-order chi connectivity index (χ1) is 14.5. The highest BCUT2D eigenvalue weighted by Gasteiger charge is 2.41. The molecule has 1 saturated heterocycles. The molecular weight excluding hydrogens is 376 g/mol. The molecule has 2 aliphatic heterocycles. The van der Waals surface area contributed by atoms with Gasteiger partial charge in [0.1, 0.15) is 11.5 Å². The van der Waals surface area contributed by atoms with E-state index in [0.29, 0.717) is 30.9 Å². The minimum absolute atomic E-state index is 0.165. The van der Waals surface area contributed by atoms with Gasteiger partial charge in [0.25, 0.3) is 11.8 Å². The topological polar surface area (TPSA) is 56.8 Å². The van der Waals surface area contributed by atoms with Crippen LogP contribution in [0.2, 0.25) is 0 Å². The first-order valence-electron chi connectivity index (χ1n) is 10.6. The summed E-state index contributed by atoms with van der Waals surface area (Å²) in [6, 6.07) is 11.9. The number of pyridine rings is 1. The van der Waals surface area contributed by atoms with Crippen LogP contribution in [0.25, 0.3) is 5.57 Å². The van der Waals surface area contributed by atoms with Crippen LogP contribution in [0, 0.1) is 13.8 Å². The Balaban J connectivity index is 1.66. The standard InChI is InChI=1S/C24H28N4O2/c1-4-11-28-23(29)21(19-9-8-17(2)18(3)16-19)22(24(28)30)27-14-12-26(13-15-27)20-7-5-6-10-25-20/h5-10,16H,4,11-15H2,1-3H3. The van der Waals surface area contributed by atoms with Crippen molar-refractivity contribution < 1.29 is 9.59 Å². The van der Waals surface area contributed by atoms with Crippen LogP contribution in [0.5, 0.6) is 0 Å². The summed E-state index contributed by atoms with van der Waals surface area (Å²) in [5.41, 5.74) is 4.22. The summed E-state index contributed by atoms with van der Waals surface area (Å²) in [4.78, 5) is 36.7. The lowest BCUT2D eigenvalue weighted by molar-refractivity contribution is -0.137. The molecule has 0 saturated carbocycles. The van der Waals surface area contributed by atoms with Gasteiger partial charge in [-0.1, -0.05) is 31.2 Å². The number of piperazine rings is 1. The zero-order valence-electron chi connectivity index (χ0n) is 17.9. The van der Waals surface area contributed by atoms with Crippen LogP contribution in [0.15, 0.2) is 48.3 Å². The van der Waals surface area contributed by atoms with E-state index < -0.39 is 0 Å². The fourth-order valence-electron chi connectivity index (χ4n) is 4.14. The molecule has 0 unspecified atom stereocenters. The Kier molecular flexibility index (Phi) is 5.57. The summed E-state index contributed by atoms with van der Waals surface area (Å²) in [6.45, 7) is 9.40. The van der Waals surface area contributed by atoms with E-state index in [1.54, 1.807) is 6.20 Å². The maximum atomic E-state index is 13.3. The van der Waals surface area contributed by atoms with Crippen molar-refractivity contribution in [2.45, 2.75) is 27.2 Å². The normalized spacial score (nSPS) is 17.4. The Morgan fingerprint density at radius 1 is 0.900 bits per heavy atom. The molecule has 1 aromatic carbocycles. The molecule has 1 aromatic heterocycles. The summed E-state index contributed by atoms with van der Waals surface area (Å²) < 4.78 is 0. The molecule has 4 rings (SSSR count). The number of rotatable bonds is 5. The van der Waals surface area contributed by atoms with Crippen molar-refractivity contribution in [1.29, 1.82) is 0 Å². The lowest BCUT2D eigenvalue weighted by Gasteiger charge is -2.37. The zero-order valence-corrected chi connectivity index (χ0v) is 17.9. The van der Waals surface area contributed by atoms with Crippen LogP contribution >= 0.6 is 0 Å². The third kappa shape index (κ3) is 3.58. The van der Waals surface area contributed by atoms with Crippen LogP contribution in [0.4, 0.5) is 5.82 Å². The largest absolute Gasteiger partial charge is 0.363 e. The number of hydrogen-bond acceptors (Lipinski definition) is 5. The molecule has 2 aromatic rings. The molecule has 0 bridgehead atoms. The number of nitrogens with zero attached hydrogens (tertiary/aromatic N) is 4. The van der Waals surface area contributed by atoms with E-state index in [4.69, 9.17) is 0 Å². The smallest absolute Gasteiger partial charge is 0.277 e. The Hall–Kier alpha value is -3.15. The summed E-state index contributed by atoms with van der Waals surface area (Å²) in [7, 11) is 0. The van der Waals surface area contributed by atoms with Crippen molar-refractivity contribution in [3.8, 4) is 0 Å². The Labute approximate surface area is 177 Å². The van der Waals surface area contributed by atoms with Crippen molar-refractivity contribution >= 4 is 23.2 Å². The number of carbonyl (C=O) groups is 2. The molecule has 0 spiro atoms. The zero-order chi connectivity index (χ0) is 21.3. The number of aromatic nitrogens is 1. The predicted octanol–water partition coefficient (Wildman–Crippen LogP) is 3.01. The second kappa shape index (κ2) is 8.30. The second-order valence-electron chi connectivity index (χ2n) is 7.95. The Morgan fingerprint density at radius 3 is 2.27 bits per heavy atom. The maximum Gasteiger partial charge on any atom is 0.277 e. The first-order valence-corrected chi connectivity index (χ1v) is 10.6. The van der Waals surface area contributed by atoms with Gasteiger partial charge in [0, 0.05) is 38.9 Å². The lowest BCUT2D eigenvalue weighted by Crippen LogP contribution is -2.48. The average Bonchev–Trinajstić information content (AvgIpc) is 3.01. The molecule has 30 heavy (non-hydrogen) atoms. The highest BCUT2D eigenvalue weighted by molar-refractivity contribution is 6.35. The van der Waals surface area contributed by atoms with Gasteiger partial charge in [-0.25, -0.2) is 4.98 Å². The third-order valence-electron chi connectivity index (χ3n) is 5.96. The van der Waals surface area contributed by atoms with Crippen molar-refractivity contribution in [3.63, 3.8) is 0 Å². The number of imide groups is 1. The summed E-state index contributed by atoms with van der Waals surface area (Å²) in [5, 5.41) is 0. The molecule has 6 nitrogen and oxygen atoms in total. The van der Waals surface area contributed by atoms with Crippen LogP contribution in [-0.4, -0.2) is 59.3 Å². The van der Waals surface area contributed by atoms with Crippen LogP contribution in [-0.2, 0) is 9.59 Å². The van der Waals surface area contributed by atoms with E-state index in [9.17, 15) is 9.59 Å². The summed E-state index contributed by atoms with van der Waals surface area (Å²) in [6.07, 6.45) is 2.54. The first kappa shape index (κ1) is 20.1. The fourth-order valence-corrected chi connectivity index (χ4v) is 4.14. The van der Waals surface area contributed by atoms with Gasteiger partial charge in [0.05, 0.1) is 5.57 Å². The molecule has 0 radical (unpaired) electrons. The molecule has 0 N–H and O–H groups in total. The van der Waals surface area contributed by atoms with Crippen molar-refractivity contribution in [3.05, 3.63) is 65.0 Å². The van der Waals surface area contributed by atoms with Gasteiger partial charge in [-0.2, -0.15) is 0 Å². The van der Waals surface area contributed by atoms with E-state index >= 15 is 0 Å². The monoisotopic (exact) mass is 404 g/mol. The van der Waals surface area contributed by atoms with E-state index in [1.165, 1.54) is 10.5 Å². The van der Waals surface area contributed by atoms with Gasteiger partial charge in [-0.3, -0.25) is 14.5 Å². The molecule has 6 heteroatoms. The number of hydrogen-bond donors (Lipinski definition) is 0. The summed E-state index contributed by atoms with van der Waals surface area (Å²) in [5.74, 6) is 0.607. The minimum Gasteiger partial charge on any atom is -0.363 e. The Bertz CT molecular complexity index is 992. The number of benzene rings is 1. The van der Waals surface area contributed by atoms with E-state index in [2.05, 4.69) is 21.7 Å². The molecule has 3 heterocycles. The highest BCUT2D eigenvalue weighted by atomic mass is 16.2. The average molecular weight is 405 g/mol. The molecule has 156 valence electrons. The lowest BCUT2D eigenvalue weighted by atomic mass is 9.99. The molecule has 2 aliphatic rings. The van der Waals surface area contributed by atoms with Crippen molar-refractivity contribution in [2.75, 3.05) is 37.6 Å². The second-order valence-corrected chi connectivity index (χ2v) is 7.95.